The fourth-order valence-electron chi connectivity index (χ4n) is 2.09. The lowest BCUT2D eigenvalue weighted by atomic mass is 10.1. The van der Waals surface area contributed by atoms with Crippen molar-refractivity contribution in [1.29, 1.82) is 0 Å². The van der Waals surface area contributed by atoms with Crippen LogP contribution >= 0.6 is 0 Å². The van der Waals surface area contributed by atoms with E-state index in [0.717, 1.165) is 38.2 Å². The van der Waals surface area contributed by atoms with Gasteiger partial charge in [-0.25, -0.2) is 0 Å². The summed E-state index contributed by atoms with van der Waals surface area (Å²) in [6.45, 7) is 4.08. The maximum absolute atomic E-state index is 5.50. The summed E-state index contributed by atoms with van der Waals surface area (Å²) in [7, 11) is 0. The molecular formula is C10H18N4. The third kappa shape index (κ3) is 1.66. The summed E-state index contributed by atoms with van der Waals surface area (Å²) in [6, 6.07) is 0. The molecule has 4 nitrogen and oxygen atoms in total. The number of hydrogen-bond acceptors (Lipinski definition) is 3. The number of nitrogens with two attached hydrogens (primary N) is 1. The van der Waals surface area contributed by atoms with Gasteiger partial charge in [0.2, 0.25) is 0 Å². The van der Waals surface area contributed by atoms with E-state index in [1.54, 1.807) is 0 Å². The van der Waals surface area contributed by atoms with Crippen molar-refractivity contribution >= 4 is 0 Å². The van der Waals surface area contributed by atoms with E-state index in [4.69, 9.17) is 5.73 Å². The number of hydrogen-bond donors (Lipinski definition) is 1. The van der Waals surface area contributed by atoms with E-state index in [1.807, 2.05) is 0 Å². The number of aromatic nitrogens is 3. The van der Waals surface area contributed by atoms with Crippen molar-refractivity contribution in [2.75, 3.05) is 6.54 Å². The summed E-state index contributed by atoms with van der Waals surface area (Å²) >= 11 is 0. The zero-order chi connectivity index (χ0) is 9.97. The number of fused-ring (bicyclic) bond motifs is 1. The van der Waals surface area contributed by atoms with E-state index >= 15 is 0 Å². The molecule has 2 N–H and O–H groups in total. The lowest BCUT2D eigenvalue weighted by molar-refractivity contribution is 0.566. The molecular weight excluding hydrogens is 176 g/mol. The van der Waals surface area contributed by atoms with Gasteiger partial charge in [-0.3, -0.25) is 0 Å². The molecule has 14 heavy (non-hydrogen) atoms. The van der Waals surface area contributed by atoms with Crippen LogP contribution in [0.15, 0.2) is 0 Å². The van der Waals surface area contributed by atoms with Crippen LogP contribution < -0.4 is 5.73 Å². The van der Waals surface area contributed by atoms with Crippen molar-refractivity contribution in [2.45, 2.75) is 45.1 Å². The first-order valence-corrected chi connectivity index (χ1v) is 5.45. The normalized spacial score (nSPS) is 17.0. The van der Waals surface area contributed by atoms with Crippen LogP contribution in [0.25, 0.3) is 0 Å². The summed E-state index contributed by atoms with van der Waals surface area (Å²) in [5.41, 5.74) is 5.50. The van der Waals surface area contributed by atoms with Gasteiger partial charge in [0.15, 0.2) is 0 Å². The Hall–Kier alpha value is -0.900. The second-order valence-electron chi connectivity index (χ2n) is 4.06. The van der Waals surface area contributed by atoms with E-state index < -0.39 is 0 Å². The molecule has 1 aliphatic rings. The van der Waals surface area contributed by atoms with E-state index in [9.17, 15) is 0 Å². The predicted molar refractivity (Wildman–Crippen MR) is 55.0 cm³/mol. The zero-order valence-electron chi connectivity index (χ0n) is 8.74. The molecule has 78 valence electrons. The number of nitrogens with zero attached hydrogens (tertiary/aromatic N) is 3. The fraction of sp³-hybridized carbons (Fsp3) is 0.800. The van der Waals surface area contributed by atoms with E-state index in [-0.39, 0.29) is 0 Å². The zero-order valence-corrected chi connectivity index (χ0v) is 8.74. The highest BCUT2D eigenvalue weighted by Crippen LogP contribution is 2.23. The Morgan fingerprint density at radius 1 is 1.50 bits per heavy atom. The van der Waals surface area contributed by atoms with Gasteiger partial charge in [-0.15, -0.1) is 10.2 Å². The van der Waals surface area contributed by atoms with E-state index in [0.29, 0.717) is 5.92 Å². The molecule has 0 bridgehead atoms. The molecule has 0 radical (unpaired) electrons. The maximum Gasteiger partial charge on any atom is 0.135 e. The number of rotatable bonds is 4. The largest absolute Gasteiger partial charge is 0.330 e. The Kier molecular flexibility index (Phi) is 2.82. The highest BCUT2D eigenvalue weighted by atomic mass is 15.3. The Bertz CT molecular complexity index is 305. The second-order valence-corrected chi connectivity index (χ2v) is 4.06. The van der Waals surface area contributed by atoms with Crippen LogP contribution in [0.1, 0.15) is 43.8 Å². The topological polar surface area (TPSA) is 56.7 Å². The predicted octanol–water partition coefficient (Wildman–Crippen LogP) is 1.07. The highest BCUT2D eigenvalue weighted by Gasteiger charge is 2.20. The molecule has 1 aromatic heterocycles. The minimum absolute atomic E-state index is 0.498. The maximum atomic E-state index is 5.50. The summed E-state index contributed by atoms with van der Waals surface area (Å²) < 4.78 is 2.28. The van der Waals surface area contributed by atoms with Crippen molar-refractivity contribution in [1.82, 2.24) is 14.8 Å². The van der Waals surface area contributed by atoms with Crippen LogP contribution in [-0.4, -0.2) is 21.3 Å². The average molecular weight is 194 g/mol. The van der Waals surface area contributed by atoms with Gasteiger partial charge in [-0.1, -0.05) is 6.92 Å². The molecule has 1 unspecified atom stereocenters. The van der Waals surface area contributed by atoms with Gasteiger partial charge in [-0.2, -0.15) is 0 Å². The number of aryl methyl sites for hydroxylation is 1. The van der Waals surface area contributed by atoms with Crippen LogP contribution in [0.3, 0.4) is 0 Å². The molecule has 4 heteroatoms. The van der Waals surface area contributed by atoms with Crippen molar-refractivity contribution < 1.29 is 0 Å². The molecule has 0 aliphatic carbocycles. The molecule has 2 heterocycles. The van der Waals surface area contributed by atoms with Gasteiger partial charge >= 0.3 is 0 Å². The molecule has 1 aromatic rings. The first kappa shape index (κ1) is 9.65. The van der Waals surface area contributed by atoms with Gasteiger partial charge in [0, 0.05) is 18.9 Å². The average Bonchev–Trinajstić information content (AvgIpc) is 2.74. The molecule has 0 fully saturated rings. The van der Waals surface area contributed by atoms with Crippen LogP contribution in [0, 0.1) is 0 Å². The van der Waals surface area contributed by atoms with Gasteiger partial charge in [0.1, 0.15) is 11.6 Å². The van der Waals surface area contributed by atoms with E-state index in [1.165, 1.54) is 12.2 Å². The lowest BCUT2D eigenvalue weighted by Crippen LogP contribution is -2.07. The summed E-state index contributed by atoms with van der Waals surface area (Å²) in [4.78, 5) is 0. The van der Waals surface area contributed by atoms with Crippen molar-refractivity contribution in [3.8, 4) is 0 Å². The molecule has 1 atom stereocenters. The quantitative estimate of drug-likeness (QED) is 0.780. The summed E-state index contributed by atoms with van der Waals surface area (Å²) in [6.07, 6.45) is 4.51. The van der Waals surface area contributed by atoms with Gasteiger partial charge < -0.3 is 10.3 Å². The molecule has 2 rings (SSSR count). The third-order valence-corrected chi connectivity index (χ3v) is 2.92. The third-order valence-electron chi connectivity index (χ3n) is 2.92. The molecule has 0 aromatic carbocycles. The fourth-order valence-corrected chi connectivity index (χ4v) is 2.09. The molecule has 0 amide bonds. The lowest BCUT2D eigenvalue weighted by Gasteiger charge is -2.10. The minimum Gasteiger partial charge on any atom is -0.330 e. The SMILES string of the molecule is CC(CCCN)c1nnc2n1CCC2. The summed E-state index contributed by atoms with van der Waals surface area (Å²) in [5, 5.41) is 8.47. The van der Waals surface area contributed by atoms with Crippen LogP contribution in [0.4, 0.5) is 0 Å². The van der Waals surface area contributed by atoms with Crippen molar-refractivity contribution in [3.63, 3.8) is 0 Å². The van der Waals surface area contributed by atoms with Crippen LogP contribution in [0.2, 0.25) is 0 Å². The second kappa shape index (κ2) is 4.09. The molecule has 0 saturated heterocycles. The Balaban J connectivity index is 2.08. The van der Waals surface area contributed by atoms with E-state index in [2.05, 4.69) is 21.7 Å². The van der Waals surface area contributed by atoms with Crippen LogP contribution in [-0.2, 0) is 13.0 Å². The van der Waals surface area contributed by atoms with Crippen molar-refractivity contribution in [3.05, 3.63) is 11.6 Å². The van der Waals surface area contributed by atoms with Gasteiger partial charge in [-0.05, 0) is 25.8 Å². The standard InChI is InChI=1S/C10H18N4/c1-8(4-2-6-11)10-13-12-9-5-3-7-14(9)10/h8H,2-7,11H2,1H3. The van der Waals surface area contributed by atoms with Gasteiger partial charge in [0.25, 0.3) is 0 Å². The Morgan fingerprint density at radius 2 is 2.36 bits per heavy atom. The molecule has 0 saturated carbocycles. The first-order valence-electron chi connectivity index (χ1n) is 5.45. The first-order chi connectivity index (χ1) is 6.83. The highest BCUT2D eigenvalue weighted by molar-refractivity contribution is 5.04. The Morgan fingerprint density at radius 3 is 3.14 bits per heavy atom. The van der Waals surface area contributed by atoms with Gasteiger partial charge in [0.05, 0.1) is 0 Å². The Labute approximate surface area is 84.5 Å². The minimum atomic E-state index is 0.498. The smallest absolute Gasteiger partial charge is 0.135 e. The molecule has 1 aliphatic heterocycles. The van der Waals surface area contributed by atoms with Crippen molar-refractivity contribution in [2.24, 2.45) is 5.73 Å². The monoisotopic (exact) mass is 194 g/mol. The summed E-state index contributed by atoms with van der Waals surface area (Å²) in [5.74, 6) is 2.82. The van der Waals surface area contributed by atoms with Crippen LogP contribution in [0.5, 0.6) is 0 Å². The molecule has 0 spiro atoms.